The van der Waals surface area contributed by atoms with Crippen LogP contribution in [0.1, 0.15) is 0 Å². The van der Waals surface area contributed by atoms with Gasteiger partial charge in [0, 0.05) is 28.9 Å². The summed E-state index contributed by atoms with van der Waals surface area (Å²) in [6, 6.07) is 5.24. The highest BCUT2D eigenvalue weighted by molar-refractivity contribution is 7.19. The Morgan fingerprint density at radius 1 is 1.05 bits per heavy atom. The van der Waals surface area contributed by atoms with Gasteiger partial charge in [0.05, 0.1) is 11.8 Å². The summed E-state index contributed by atoms with van der Waals surface area (Å²) >= 11 is 13.5. The van der Waals surface area contributed by atoms with Gasteiger partial charge >= 0.3 is 0 Å². The molecule has 0 saturated heterocycles. The molecule has 4 rings (SSSR count). The molecule has 0 radical (unpaired) electrons. The maximum atomic E-state index is 6.05. The Morgan fingerprint density at radius 3 is 2.50 bits per heavy atom. The fourth-order valence-corrected chi connectivity index (χ4v) is 3.47. The van der Waals surface area contributed by atoms with Crippen molar-refractivity contribution >= 4 is 39.5 Å². The number of aryl methyl sites for hydroxylation is 1. The van der Waals surface area contributed by atoms with Gasteiger partial charge in [0.15, 0.2) is 10.8 Å². The first kappa shape index (κ1) is 13.7. The van der Waals surface area contributed by atoms with Gasteiger partial charge in [0.2, 0.25) is 4.96 Å². The molecule has 110 valence electrons. The molecule has 0 aliphatic rings. The number of hydrogen-bond donors (Lipinski definition) is 0. The summed E-state index contributed by atoms with van der Waals surface area (Å²) in [7, 11) is 1.86. The monoisotopic (exact) mass is 350 g/mol. The Balaban J connectivity index is 1.87. The van der Waals surface area contributed by atoms with Gasteiger partial charge in [-0.2, -0.15) is 14.7 Å². The van der Waals surface area contributed by atoms with Crippen molar-refractivity contribution in [2.24, 2.45) is 7.05 Å². The van der Waals surface area contributed by atoms with Crippen LogP contribution in [0.3, 0.4) is 0 Å². The molecule has 0 N–H and O–H groups in total. The molecule has 0 aliphatic heterocycles. The van der Waals surface area contributed by atoms with Gasteiger partial charge in [0.25, 0.3) is 0 Å². The Bertz CT molecular complexity index is 965. The number of aromatic nitrogens is 6. The Labute approximate surface area is 138 Å². The van der Waals surface area contributed by atoms with Crippen LogP contribution in [-0.4, -0.2) is 29.6 Å². The lowest BCUT2D eigenvalue weighted by atomic mass is 10.2. The fourth-order valence-electron chi connectivity index (χ4n) is 2.13. The fraction of sp³-hybridized carbons (Fsp3) is 0.0769. The van der Waals surface area contributed by atoms with E-state index in [2.05, 4.69) is 20.4 Å². The third kappa shape index (κ3) is 2.27. The van der Waals surface area contributed by atoms with Crippen LogP contribution in [0.15, 0.2) is 30.6 Å². The highest BCUT2D eigenvalue weighted by Gasteiger charge is 2.16. The average Bonchev–Trinajstić information content (AvgIpc) is 3.11. The van der Waals surface area contributed by atoms with Crippen molar-refractivity contribution in [2.45, 2.75) is 0 Å². The number of fused-ring (bicyclic) bond motifs is 1. The van der Waals surface area contributed by atoms with E-state index in [-0.39, 0.29) is 0 Å². The van der Waals surface area contributed by atoms with E-state index in [1.54, 1.807) is 33.6 Å². The number of halogens is 2. The molecule has 1 aromatic carbocycles. The molecule has 4 aromatic rings. The van der Waals surface area contributed by atoms with Crippen LogP contribution >= 0.6 is 34.5 Å². The quantitative estimate of drug-likeness (QED) is 0.554. The van der Waals surface area contributed by atoms with Gasteiger partial charge < -0.3 is 0 Å². The molecule has 3 heterocycles. The second-order valence-electron chi connectivity index (χ2n) is 4.69. The Morgan fingerprint density at radius 2 is 1.82 bits per heavy atom. The van der Waals surface area contributed by atoms with Crippen molar-refractivity contribution in [3.63, 3.8) is 0 Å². The van der Waals surface area contributed by atoms with E-state index < -0.39 is 0 Å². The lowest BCUT2D eigenvalue weighted by molar-refractivity contribution is 0.768. The summed E-state index contributed by atoms with van der Waals surface area (Å²) in [5, 5.41) is 19.0. The maximum absolute atomic E-state index is 6.05. The molecule has 3 aromatic heterocycles. The highest BCUT2D eigenvalue weighted by Crippen LogP contribution is 2.30. The van der Waals surface area contributed by atoms with Gasteiger partial charge in [-0.1, -0.05) is 34.5 Å². The van der Waals surface area contributed by atoms with E-state index in [4.69, 9.17) is 23.2 Å². The highest BCUT2D eigenvalue weighted by atomic mass is 35.5. The lowest BCUT2D eigenvalue weighted by Crippen LogP contribution is -1.91. The van der Waals surface area contributed by atoms with Crippen LogP contribution in [0.4, 0.5) is 0 Å². The van der Waals surface area contributed by atoms with E-state index >= 15 is 0 Å². The van der Waals surface area contributed by atoms with Crippen LogP contribution < -0.4 is 0 Å². The third-order valence-corrected chi connectivity index (χ3v) is 4.45. The van der Waals surface area contributed by atoms with Crippen LogP contribution in [0, 0.1) is 0 Å². The van der Waals surface area contributed by atoms with Crippen molar-refractivity contribution in [1.29, 1.82) is 0 Å². The van der Waals surface area contributed by atoms with Crippen molar-refractivity contribution < 1.29 is 0 Å². The lowest BCUT2D eigenvalue weighted by Gasteiger charge is -1.99. The maximum Gasteiger partial charge on any atom is 0.235 e. The molecule has 0 atom stereocenters. The Kier molecular flexibility index (Phi) is 3.14. The molecule has 0 spiro atoms. The molecular formula is C13H8Cl2N6S. The molecule has 9 heteroatoms. The second-order valence-corrected chi connectivity index (χ2v) is 6.51. The topological polar surface area (TPSA) is 60.9 Å². The zero-order valence-electron chi connectivity index (χ0n) is 11.2. The minimum absolute atomic E-state index is 0.543. The zero-order valence-corrected chi connectivity index (χ0v) is 13.6. The molecule has 0 bridgehead atoms. The normalized spacial score (nSPS) is 11.4. The van der Waals surface area contributed by atoms with Gasteiger partial charge in [-0.25, -0.2) is 0 Å². The van der Waals surface area contributed by atoms with Crippen LogP contribution in [0.2, 0.25) is 10.0 Å². The predicted molar refractivity (Wildman–Crippen MR) is 86.3 cm³/mol. The van der Waals surface area contributed by atoms with E-state index in [9.17, 15) is 0 Å². The van der Waals surface area contributed by atoms with Crippen LogP contribution in [0.25, 0.3) is 26.9 Å². The summed E-state index contributed by atoms with van der Waals surface area (Å²) in [4.78, 5) is 0.699. The predicted octanol–water partition coefficient (Wildman–Crippen LogP) is 3.56. The zero-order chi connectivity index (χ0) is 15.3. The molecule has 6 nitrogen and oxygen atoms in total. The van der Waals surface area contributed by atoms with Gasteiger partial charge in [-0.05, 0) is 18.2 Å². The number of hydrogen-bond acceptors (Lipinski definition) is 5. The summed E-state index contributed by atoms with van der Waals surface area (Å²) in [5.74, 6) is 0.603. The van der Waals surface area contributed by atoms with Crippen LogP contribution in [0.5, 0.6) is 0 Å². The number of rotatable bonds is 2. The SMILES string of the molecule is Cn1cc(-c2nn3c(-c4cc(Cl)cc(Cl)c4)nnc3s2)cn1. The van der Waals surface area contributed by atoms with Gasteiger partial charge in [0.1, 0.15) is 0 Å². The first-order valence-corrected chi connectivity index (χ1v) is 7.85. The summed E-state index contributed by atoms with van der Waals surface area (Å²) in [6.07, 6.45) is 3.67. The standard InChI is InChI=1S/C13H8Cl2N6S/c1-20-6-8(5-16-20)12-19-21-11(17-18-13(21)22-12)7-2-9(14)4-10(15)3-7/h2-6H,1H3. The van der Waals surface area contributed by atoms with E-state index in [1.165, 1.54) is 11.3 Å². The van der Waals surface area contributed by atoms with E-state index in [1.807, 2.05) is 13.2 Å². The second kappa shape index (κ2) is 5.05. The summed E-state index contributed by atoms with van der Waals surface area (Å²) in [6.45, 7) is 0. The molecule has 22 heavy (non-hydrogen) atoms. The first-order valence-electron chi connectivity index (χ1n) is 6.28. The molecule has 0 aliphatic carbocycles. The first-order chi connectivity index (χ1) is 10.6. The summed E-state index contributed by atoms with van der Waals surface area (Å²) in [5.41, 5.74) is 1.71. The molecule has 0 unspecified atom stereocenters. The van der Waals surface area contributed by atoms with Gasteiger partial charge in [-0.15, -0.1) is 10.2 Å². The number of nitrogens with zero attached hydrogens (tertiary/aromatic N) is 6. The van der Waals surface area contributed by atoms with Crippen LogP contribution in [-0.2, 0) is 7.05 Å². The average molecular weight is 351 g/mol. The number of benzene rings is 1. The molecule has 0 amide bonds. The molecular weight excluding hydrogens is 343 g/mol. The molecule has 0 fully saturated rings. The van der Waals surface area contributed by atoms with Gasteiger partial charge in [-0.3, -0.25) is 4.68 Å². The largest absolute Gasteiger partial charge is 0.275 e. The minimum atomic E-state index is 0.543. The smallest absolute Gasteiger partial charge is 0.235 e. The van der Waals surface area contributed by atoms with Crippen molar-refractivity contribution in [3.05, 3.63) is 40.6 Å². The van der Waals surface area contributed by atoms with E-state index in [0.29, 0.717) is 20.8 Å². The third-order valence-electron chi connectivity index (χ3n) is 3.06. The summed E-state index contributed by atoms with van der Waals surface area (Å²) < 4.78 is 3.42. The van der Waals surface area contributed by atoms with Crippen molar-refractivity contribution in [1.82, 2.24) is 29.6 Å². The van der Waals surface area contributed by atoms with Crippen molar-refractivity contribution in [3.8, 4) is 22.0 Å². The Hall–Kier alpha value is -1.96. The minimum Gasteiger partial charge on any atom is -0.275 e. The molecule has 0 saturated carbocycles. The van der Waals surface area contributed by atoms with E-state index in [0.717, 1.165) is 16.1 Å². The van der Waals surface area contributed by atoms with Crippen molar-refractivity contribution in [2.75, 3.05) is 0 Å².